The van der Waals surface area contributed by atoms with Crippen molar-refractivity contribution in [2.75, 3.05) is 0 Å². The van der Waals surface area contributed by atoms with E-state index < -0.39 is 0 Å². The first-order chi connectivity index (χ1) is 6.81. The molecule has 2 aromatic heterocycles. The predicted molar refractivity (Wildman–Crippen MR) is 50.2 cm³/mol. The van der Waals surface area contributed by atoms with Gasteiger partial charge in [0.2, 0.25) is 0 Å². The van der Waals surface area contributed by atoms with Gasteiger partial charge >= 0.3 is 0 Å². The van der Waals surface area contributed by atoms with Crippen LogP contribution in [0.15, 0.2) is 23.0 Å². The molecule has 0 fully saturated rings. The highest BCUT2D eigenvalue weighted by molar-refractivity contribution is 5.56. The van der Waals surface area contributed by atoms with Gasteiger partial charge in [0.1, 0.15) is 0 Å². The van der Waals surface area contributed by atoms with Crippen LogP contribution in [-0.4, -0.2) is 15.1 Å². The molecule has 2 rings (SSSR count). The van der Waals surface area contributed by atoms with Gasteiger partial charge in [-0.1, -0.05) is 5.16 Å². The van der Waals surface area contributed by atoms with Crippen molar-refractivity contribution < 1.29 is 4.52 Å². The van der Waals surface area contributed by atoms with Gasteiger partial charge in [0.05, 0.1) is 6.54 Å². The molecule has 0 spiro atoms. The van der Waals surface area contributed by atoms with Crippen LogP contribution in [0.4, 0.5) is 0 Å². The van der Waals surface area contributed by atoms with E-state index in [1.54, 1.807) is 12.4 Å². The molecule has 0 radical (unpaired) electrons. The normalized spacial score (nSPS) is 10.4. The van der Waals surface area contributed by atoms with E-state index >= 15 is 0 Å². The van der Waals surface area contributed by atoms with Crippen LogP contribution in [0.3, 0.4) is 0 Å². The largest absolute Gasteiger partial charge is 0.334 e. The number of aromatic nitrogens is 3. The van der Waals surface area contributed by atoms with Crippen LogP contribution in [-0.2, 0) is 6.54 Å². The topological polar surface area (TPSA) is 77.8 Å². The molecule has 14 heavy (non-hydrogen) atoms. The van der Waals surface area contributed by atoms with Crippen molar-refractivity contribution in [3.05, 3.63) is 29.8 Å². The molecule has 2 N–H and O–H groups in total. The number of hydrogen-bond donors (Lipinski definition) is 1. The molecule has 72 valence electrons. The first-order valence-corrected chi connectivity index (χ1v) is 4.25. The fraction of sp³-hybridized carbons (Fsp3) is 0.222. The predicted octanol–water partition coefficient (Wildman–Crippen LogP) is 0.899. The lowest BCUT2D eigenvalue weighted by atomic mass is 10.1. The van der Waals surface area contributed by atoms with Crippen LogP contribution in [0.2, 0.25) is 0 Å². The first-order valence-electron chi connectivity index (χ1n) is 4.25. The molecule has 5 heteroatoms. The van der Waals surface area contributed by atoms with Crippen LogP contribution >= 0.6 is 0 Å². The Morgan fingerprint density at radius 1 is 1.50 bits per heavy atom. The Kier molecular flexibility index (Phi) is 2.24. The Balaban J connectivity index is 2.44. The molecule has 0 aliphatic carbocycles. The van der Waals surface area contributed by atoms with Gasteiger partial charge in [-0.25, -0.2) is 0 Å². The van der Waals surface area contributed by atoms with Crippen LogP contribution in [0.25, 0.3) is 11.5 Å². The zero-order valence-corrected chi connectivity index (χ0v) is 7.77. The molecule has 0 amide bonds. The zero-order valence-electron chi connectivity index (χ0n) is 7.77. The maximum absolute atomic E-state index is 5.38. The molecule has 2 aromatic rings. The number of nitrogens with two attached hydrogens (primary N) is 1. The Morgan fingerprint density at radius 2 is 2.36 bits per heavy atom. The third-order valence-corrected chi connectivity index (χ3v) is 1.90. The monoisotopic (exact) mass is 190 g/mol. The minimum atomic E-state index is 0.285. The quantitative estimate of drug-likeness (QED) is 0.761. The third kappa shape index (κ3) is 1.49. The van der Waals surface area contributed by atoms with E-state index in [9.17, 15) is 0 Å². The van der Waals surface area contributed by atoms with Gasteiger partial charge in [-0.05, 0) is 18.6 Å². The summed E-state index contributed by atoms with van der Waals surface area (Å²) in [5, 5.41) is 3.72. The van der Waals surface area contributed by atoms with Gasteiger partial charge in [0.25, 0.3) is 5.89 Å². The number of aryl methyl sites for hydroxylation is 1. The maximum atomic E-state index is 5.38. The molecular weight excluding hydrogens is 180 g/mol. The fourth-order valence-corrected chi connectivity index (χ4v) is 1.16. The zero-order chi connectivity index (χ0) is 9.97. The fourth-order valence-electron chi connectivity index (χ4n) is 1.16. The van der Waals surface area contributed by atoms with E-state index in [2.05, 4.69) is 15.1 Å². The average molecular weight is 190 g/mol. The van der Waals surface area contributed by atoms with Gasteiger partial charge in [0.15, 0.2) is 5.82 Å². The summed E-state index contributed by atoms with van der Waals surface area (Å²) < 4.78 is 5.05. The minimum absolute atomic E-state index is 0.285. The molecule has 0 saturated carbocycles. The molecule has 5 nitrogen and oxygen atoms in total. The Hall–Kier alpha value is -1.75. The summed E-state index contributed by atoms with van der Waals surface area (Å²) in [5.74, 6) is 1.00. The van der Waals surface area contributed by atoms with E-state index in [0.29, 0.717) is 11.7 Å². The summed E-state index contributed by atoms with van der Waals surface area (Å²) in [6.45, 7) is 2.22. The van der Waals surface area contributed by atoms with Crippen LogP contribution in [0, 0.1) is 6.92 Å². The maximum Gasteiger partial charge on any atom is 0.258 e. The summed E-state index contributed by atoms with van der Waals surface area (Å²) in [6.07, 6.45) is 3.44. The lowest BCUT2D eigenvalue weighted by Gasteiger charge is -1.96. The highest BCUT2D eigenvalue weighted by atomic mass is 16.5. The average Bonchev–Trinajstić information content (AvgIpc) is 2.67. The van der Waals surface area contributed by atoms with Crippen molar-refractivity contribution in [3.8, 4) is 11.5 Å². The Morgan fingerprint density at radius 3 is 3.00 bits per heavy atom. The van der Waals surface area contributed by atoms with Gasteiger partial charge < -0.3 is 10.3 Å². The summed E-state index contributed by atoms with van der Waals surface area (Å²) in [6, 6.07) is 1.84. The SMILES string of the molecule is Cc1cnccc1-c1nc(CN)no1. The molecule has 0 aliphatic heterocycles. The smallest absolute Gasteiger partial charge is 0.258 e. The third-order valence-electron chi connectivity index (χ3n) is 1.90. The Labute approximate surface area is 81.0 Å². The van der Waals surface area contributed by atoms with E-state index in [4.69, 9.17) is 10.3 Å². The molecule has 0 bridgehead atoms. The van der Waals surface area contributed by atoms with E-state index in [-0.39, 0.29) is 6.54 Å². The second kappa shape index (κ2) is 3.55. The number of rotatable bonds is 2. The standard InChI is InChI=1S/C9H10N4O/c1-6-5-11-3-2-7(6)9-12-8(4-10)13-14-9/h2-3,5H,4,10H2,1H3. The van der Waals surface area contributed by atoms with Gasteiger partial charge in [-0.15, -0.1) is 0 Å². The van der Waals surface area contributed by atoms with E-state index in [1.807, 2.05) is 13.0 Å². The van der Waals surface area contributed by atoms with Crippen LogP contribution < -0.4 is 5.73 Å². The Bertz CT molecular complexity index is 438. The molecule has 2 heterocycles. The molecular formula is C9H10N4O. The van der Waals surface area contributed by atoms with Crippen molar-refractivity contribution in [1.82, 2.24) is 15.1 Å². The van der Waals surface area contributed by atoms with Crippen molar-refractivity contribution in [2.45, 2.75) is 13.5 Å². The van der Waals surface area contributed by atoms with E-state index in [0.717, 1.165) is 11.1 Å². The van der Waals surface area contributed by atoms with E-state index in [1.165, 1.54) is 0 Å². The van der Waals surface area contributed by atoms with Crippen molar-refractivity contribution in [2.24, 2.45) is 5.73 Å². The number of nitrogens with zero attached hydrogens (tertiary/aromatic N) is 3. The highest BCUT2D eigenvalue weighted by Gasteiger charge is 2.09. The second-order valence-corrected chi connectivity index (χ2v) is 2.91. The number of pyridine rings is 1. The number of hydrogen-bond acceptors (Lipinski definition) is 5. The van der Waals surface area contributed by atoms with Gasteiger partial charge in [-0.2, -0.15) is 4.98 Å². The second-order valence-electron chi connectivity index (χ2n) is 2.91. The molecule has 0 aliphatic rings. The molecule has 0 atom stereocenters. The first kappa shape index (κ1) is 8.83. The minimum Gasteiger partial charge on any atom is -0.334 e. The van der Waals surface area contributed by atoms with Crippen molar-refractivity contribution >= 4 is 0 Å². The lowest BCUT2D eigenvalue weighted by molar-refractivity contribution is 0.422. The summed E-state index contributed by atoms with van der Waals surface area (Å²) in [4.78, 5) is 8.11. The highest BCUT2D eigenvalue weighted by Crippen LogP contribution is 2.19. The van der Waals surface area contributed by atoms with Gasteiger partial charge in [-0.3, -0.25) is 4.98 Å². The summed E-state index contributed by atoms with van der Waals surface area (Å²) >= 11 is 0. The van der Waals surface area contributed by atoms with Gasteiger partial charge in [0, 0.05) is 18.0 Å². The van der Waals surface area contributed by atoms with Crippen molar-refractivity contribution in [3.63, 3.8) is 0 Å². The molecule has 0 aromatic carbocycles. The summed E-state index contributed by atoms with van der Waals surface area (Å²) in [5.41, 5.74) is 7.28. The van der Waals surface area contributed by atoms with Crippen LogP contribution in [0.1, 0.15) is 11.4 Å². The summed E-state index contributed by atoms with van der Waals surface area (Å²) in [7, 11) is 0. The van der Waals surface area contributed by atoms with Crippen LogP contribution in [0.5, 0.6) is 0 Å². The van der Waals surface area contributed by atoms with Crippen molar-refractivity contribution in [1.29, 1.82) is 0 Å². The molecule has 0 saturated heterocycles. The lowest BCUT2D eigenvalue weighted by Crippen LogP contribution is -1.97. The molecule has 0 unspecified atom stereocenters.